The van der Waals surface area contributed by atoms with Gasteiger partial charge in [-0.3, -0.25) is 4.98 Å². The minimum atomic E-state index is 0.346. The van der Waals surface area contributed by atoms with E-state index in [1.54, 1.807) is 0 Å². The molecule has 1 aromatic heterocycles. The molecular weight excluding hydrogens is 232 g/mol. The van der Waals surface area contributed by atoms with Crippen molar-refractivity contribution < 1.29 is 0 Å². The van der Waals surface area contributed by atoms with Crippen LogP contribution < -0.4 is 5.32 Å². The van der Waals surface area contributed by atoms with Gasteiger partial charge in [0.05, 0.1) is 0 Å². The van der Waals surface area contributed by atoms with Gasteiger partial charge in [0.25, 0.3) is 0 Å². The van der Waals surface area contributed by atoms with Crippen molar-refractivity contribution in [3.05, 3.63) is 64.5 Å². The van der Waals surface area contributed by atoms with Crippen LogP contribution in [-0.2, 0) is 6.54 Å². The van der Waals surface area contributed by atoms with E-state index in [9.17, 15) is 0 Å². The van der Waals surface area contributed by atoms with Crippen molar-refractivity contribution >= 4 is 0 Å². The molecule has 2 heteroatoms. The molecule has 0 spiro atoms. The zero-order valence-corrected chi connectivity index (χ0v) is 12.2. The van der Waals surface area contributed by atoms with Crippen LogP contribution in [0.1, 0.15) is 40.8 Å². The van der Waals surface area contributed by atoms with Crippen LogP contribution in [-0.4, -0.2) is 4.98 Å². The number of nitrogens with one attached hydrogen (secondary N) is 1. The first-order valence-corrected chi connectivity index (χ1v) is 6.78. The summed E-state index contributed by atoms with van der Waals surface area (Å²) >= 11 is 0. The molecule has 2 aromatic rings. The third-order valence-corrected chi connectivity index (χ3v) is 3.78. The lowest BCUT2D eigenvalue weighted by Gasteiger charge is -2.16. The average Bonchev–Trinajstić information content (AvgIpc) is 2.40. The van der Waals surface area contributed by atoms with E-state index in [-0.39, 0.29) is 0 Å². The summed E-state index contributed by atoms with van der Waals surface area (Å²) in [6.45, 7) is 9.50. The van der Waals surface area contributed by atoms with Gasteiger partial charge in [-0.2, -0.15) is 0 Å². The van der Waals surface area contributed by atoms with E-state index in [2.05, 4.69) is 62.3 Å². The van der Waals surface area contributed by atoms with E-state index in [1.807, 2.05) is 12.4 Å². The Balaban J connectivity index is 2.03. The number of aryl methyl sites for hydroxylation is 3. The van der Waals surface area contributed by atoms with Crippen molar-refractivity contribution in [1.29, 1.82) is 0 Å². The van der Waals surface area contributed by atoms with Crippen molar-refractivity contribution in [3.63, 3.8) is 0 Å². The molecule has 0 saturated heterocycles. The van der Waals surface area contributed by atoms with Crippen molar-refractivity contribution in [1.82, 2.24) is 10.3 Å². The van der Waals surface area contributed by atoms with Crippen LogP contribution in [0.25, 0.3) is 0 Å². The fourth-order valence-corrected chi connectivity index (χ4v) is 2.10. The van der Waals surface area contributed by atoms with Gasteiger partial charge in [0, 0.05) is 25.0 Å². The maximum atomic E-state index is 4.18. The Morgan fingerprint density at radius 1 is 1.05 bits per heavy atom. The molecule has 1 atom stereocenters. The topological polar surface area (TPSA) is 24.9 Å². The largest absolute Gasteiger partial charge is 0.306 e. The van der Waals surface area contributed by atoms with Gasteiger partial charge in [-0.15, -0.1) is 0 Å². The van der Waals surface area contributed by atoms with Crippen LogP contribution in [0.3, 0.4) is 0 Å². The first-order valence-electron chi connectivity index (χ1n) is 6.78. The maximum absolute atomic E-state index is 4.18. The summed E-state index contributed by atoms with van der Waals surface area (Å²) in [6.07, 6.45) is 3.78. The molecule has 0 aliphatic carbocycles. The molecule has 0 aliphatic rings. The quantitative estimate of drug-likeness (QED) is 0.896. The molecule has 1 aromatic carbocycles. The average molecular weight is 254 g/mol. The highest BCUT2D eigenvalue weighted by atomic mass is 14.9. The van der Waals surface area contributed by atoms with E-state index in [4.69, 9.17) is 0 Å². The summed E-state index contributed by atoms with van der Waals surface area (Å²) in [7, 11) is 0. The van der Waals surface area contributed by atoms with Crippen molar-refractivity contribution in [3.8, 4) is 0 Å². The molecule has 2 rings (SSSR count). The summed E-state index contributed by atoms with van der Waals surface area (Å²) < 4.78 is 0. The highest BCUT2D eigenvalue weighted by Crippen LogP contribution is 2.17. The van der Waals surface area contributed by atoms with Gasteiger partial charge >= 0.3 is 0 Å². The summed E-state index contributed by atoms with van der Waals surface area (Å²) in [6, 6.07) is 9.06. The van der Waals surface area contributed by atoms with Crippen LogP contribution in [0, 0.1) is 20.8 Å². The number of hydrogen-bond acceptors (Lipinski definition) is 2. The van der Waals surface area contributed by atoms with Crippen LogP contribution in [0.4, 0.5) is 0 Å². The molecule has 0 bridgehead atoms. The standard InChI is InChI=1S/C17H22N2/c1-12-5-6-16(9-14(12)3)15(4)19-11-17-10-18-8-7-13(17)2/h5-10,15,19H,11H2,1-4H3. The zero-order valence-electron chi connectivity index (χ0n) is 12.2. The van der Waals surface area contributed by atoms with Gasteiger partial charge < -0.3 is 5.32 Å². The van der Waals surface area contributed by atoms with Gasteiger partial charge in [-0.25, -0.2) is 0 Å². The lowest BCUT2D eigenvalue weighted by atomic mass is 10.0. The predicted molar refractivity (Wildman–Crippen MR) is 80.1 cm³/mol. The molecule has 19 heavy (non-hydrogen) atoms. The van der Waals surface area contributed by atoms with Crippen LogP contribution in [0.2, 0.25) is 0 Å². The fourth-order valence-electron chi connectivity index (χ4n) is 2.10. The Hall–Kier alpha value is -1.67. The second kappa shape index (κ2) is 5.98. The SMILES string of the molecule is Cc1ccc(C(C)NCc2cnccc2C)cc1C. The highest BCUT2D eigenvalue weighted by molar-refractivity contribution is 5.31. The molecule has 2 nitrogen and oxygen atoms in total. The second-order valence-electron chi connectivity index (χ2n) is 5.25. The molecule has 0 amide bonds. The normalized spacial score (nSPS) is 12.4. The summed E-state index contributed by atoms with van der Waals surface area (Å²) in [5, 5.41) is 3.56. The lowest BCUT2D eigenvalue weighted by Crippen LogP contribution is -2.18. The number of benzene rings is 1. The molecule has 0 radical (unpaired) electrons. The van der Waals surface area contributed by atoms with Crippen molar-refractivity contribution in [2.24, 2.45) is 0 Å². The van der Waals surface area contributed by atoms with Crippen LogP contribution >= 0.6 is 0 Å². The van der Waals surface area contributed by atoms with E-state index < -0.39 is 0 Å². The molecule has 0 fully saturated rings. The summed E-state index contributed by atoms with van der Waals surface area (Å²) in [5.41, 5.74) is 6.58. The van der Waals surface area contributed by atoms with Gasteiger partial charge in [0.2, 0.25) is 0 Å². The Kier molecular flexibility index (Phi) is 4.33. The van der Waals surface area contributed by atoms with E-state index >= 15 is 0 Å². The van der Waals surface area contributed by atoms with Gasteiger partial charge in [-0.05, 0) is 61.6 Å². The molecule has 100 valence electrons. The van der Waals surface area contributed by atoms with Crippen LogP contribution in [0.5, 0.6) is 0 Å². The Morgan fingerprint density at radius 2 is 1.84 bits per heavy atom. The van der Waals surface area contributed by atoms with Gasteiger partial charge in [-0.1, -0.05) is 18.2 Å². The summed E-state index contributed by atoms with van der Waals surface area (Å²) in [5.74, 6) is 0. The molecule has 0 aliphatic heterocycles. The van der Waals surface area contributed by atoms with Crippen molar-refractivity contribution in [2.45, 2.75) is 40.3 Å². The fraction of sp³-hybridized carbons (Fsp3) is 0.353. The smallest absolute Gasteiger partial charge is 0.0315 e. The minimum Gasteiger partial charge on any atom is -0.306 e. The Bertz CT molecular complexity index is 561. The number of hydrogen-bond donors (Lipinski definition) is 1. The molecule has 1 N–H and O–H groups in total. The third-order valence-electron chi connectivity index (χ3n) is 3.78. The third kappa shape index (κ3) is 3.42. The molecular formula is C17H22N2. The van der Waals surface area contributed by atoms with Gasteiger partial charge in [0.1, 0.15) is 0 Å². The summed E-state index contributed by atoms with van der Waals surface area (Å²) in [4.78, 5) is 4.18. The highest BCUT2D eigenvalue weighted by Gasteiger charge is 2.06. The van der Waals surface area contributed by atoms with Crippen LogP contribution in [0.15, 0.2) is 36.7 Å². The monoisotopic (exact) mass is 254 g/mol. The molecule has 1 heterocycles. The number of nitrogens with zero attached hydrogens (tertiary/aromatic N) is 1. The first-order chi connectivity index (χ1) is 9.08. The molecule has 1 unspecified atom stereocenters. The lowest BCUT2D eigenvalue weighted by molar-refractivity contribution is 0.572. The van der Waals surface area contributed by atoms with Gasteiger partial charge in [0.15, 0.2) is 0 Å². The maximum Gasteiger partial charge on any atom is 0.0315 e. The zero-order chi connectivity index (χ0) is 13.8. The van der Waals surface area contributed by atoms with E-state index in [0.29, 0.717) is 6.04 Å². The Labute approximate surface area is 115 Å². The minimum absolute atomic E-state index is 0.346. The first kappa shape index (κ1) is 13.8. The van der Waals surface area contributed by atoms with Crippen molar-refractivity contribution in [2.75, 3.05) is 0 Å². The predicted octanol–water partition coefficient (Wildman–Crippen LogP) is 3.86. The molecule has 0 saturated carbocycles. The van der Waals surface area contributed by atoms with E-state index in [0.717, 1.165) is 6.54 Å². The number of pyridine rings is 1. The number of aromatic nitrogens is 1. The Morgan fingerprint density at radius 3 is 2.53 bits per heavy atom. The van der Waals surface area contributed by atoms with E-state index in [1.165, 1.54) is 27.8 Å². The number of rotatable bonds is 4. The second-order valence-corrected chi connectivity index (χ2v) is 5.25.